The van der Waals surface area contributed by atoms with Crippen LogP contribution in [0.15, 0.2) is 5.16 Å². The molecular weight excluding hydrogens is 379 g/mol. The number of carbonyl (C=O) groups excluding carboxylic acids is 2. The molecule has 0 aromatic heterocycles. The fourth-order valence-electron chi connectivity index (χ4n) is 4.04. The minimum absolute atomic E-state index is 0.00879. The summed E-state index contributed by atoms with van der Waals surface area (Å²) in [6.45, 7) is 6.69. The molecule has 0 aromatic carbocycles. The van der Waals surface area contributed by atoms with Gasteiger partial charge in [0.05, 0.1) is 0 Å². The number of halogens is 3. The van der Waals surface area contributed by atoms with Gasteiger partial charge >= 0.3 is 18.2 Å². The van der Waals surface area contributed by atoms with Crippen LogP contribution in [0.3, 0.4) is 0 Å². The van der Waals surface area contributed by atoms with Crippen molar-refractivity contribution in [3.8, 4) is 0 Å². The average molecular weight is 405 g/mol. The number of likely N-dealkylation sites (tertiary alicyclic amines) is 1. The van der Waals surface area contributed by atoms with Crippen LogP contribution in [0.1, 0.15) is 52.9 Å². The molecule has 3 fully saturated rings. The van der Waals surface area contributed by atoms with Crippen molar-refractivity contribution in [2.24, 2.45) is 27.6 Å². The van der Waals surface area contributed by atoms with Gasteiger partial charge in [0.25, 0.3) is 0 Å². The van der Waals surface area contributed by atoms with E-state index in [4.69, 9.17) is 10.5 Å². The molecule has 3 aliphatic rings. The van der Waals surface area contributed by atoms with Crippen LogP contribution in [-0.4, -0.2) is 47.7 Å². The lowest BCUT2D eigenvalue weighted by Gasteiger charge is -2.58. The van der Waals surface area contributed by atoms with E-state index in [0.717, 1.165) is 12.8 Å². The van der Waals surface area contributed by atoms with Crippen molar-refractivity contribution in [2.75, 3.05) is 13.1 Å². The molecule has 158 valence electrons. The number of amidine groups is 1. The molecule has 2 aliphatic carbocycles. The van der Waals surface area contributed by atoms with E-state index in [2.05, 4.69) is 9.99 Å². The minimum atomic E-state index is -4.63. The highest BCUT2D eigenvalue weighted by atomic mass is 19.4. The van der Waals surface area contributed by atoms with Gasteiger partial charge in [-0.15, -0.1) is 0 Å². The fourth-order valence-corrected chi connectivity index (χ4v) is 4.04. The second-order valence-electron chi connectivity index (χ2n) is 9.36. The predicted molar refractivity (Wildman–Crippen MR) is 93.0 cm³/mol. The van der Waals surface area contributed by atoms with Crippen molar-refractivity contribution >= 4 is 17.9 Å². The molecule has 0 aromatic rings. The standard InChI is InChI=1S/C18H26F3N3O4/c1-15(2,3)27-14(26)24-9-16(10-24)7-11(8-16)6-12(22)23-28-13(25)17(4-5-17)18(19,20)21/h11H,4-10H2,1-3H3,(H2,22,23). The van der Waals surface area contributed by atoms with Crippen molar-refractivity contribution in [1.29, 1.82) is 0 Å². The Morgan fingerprint density at radius 1 is 1.18 bits per heavy atom. The van der Waals surface area contributed by atoms with Crippen LogP contribution in [0.2, 0.25) is 0 Å². The number of carbonyl (C=O) groups is 2. The molecule has 1 amide bonds. The zero-order valence-corrected chi connectivity index (χ0v) is 16.3. The average Bonchev–Trinajstić information content (AvgIpc) is 3.24. The van der Waals surface area contributed by atoms with E-state index in [1.807, 2.05) is 20.8 Å². The maximum Gasteiger partial charge on any atom is 0.410 e. The first-order valence-corrected chi connectivity index (χ1v) is 9.34. The molecule has 0 unspecified atom stereocenters. The first-order valence-electron chi connectivity index (χ1n) is 9.34. The molecule has 2 saturated carbocycles. The maximum atomic E-state index is 12.8. The van der Waals surface area contributed by atoms with Crippen LogP contribution in [-0.2, 0) is 14.4 Å². The van der Waals surface area contributed by atoms with Gasteiger partial charge in [-0.25, -0.2) is 9.59 Å². The molecule has 10 heteroatoms. The highest BCUT2D eigenvalue weighted by molar-refractivity contribution is 5.84. The molecule has 3 rings (SSSR count). The van der Waals surface area contributed by atoms with E-state index < -0.39 is 23.2 Å². The Hall–Kier alpha value is -2.00. The van der Waals surface area contributed by atoms with Gasteiger partial charge in [0.1, 0.15) is 11.4 Å². The lowest BCUT2D eigenvalue weighted by atomic mass is 9.57. The van der Waals surface area contributed by atoms with E-state index in [1.165, 1.54) is 0 Å². The highest BCUT2D eigenvalue weighted by Crippen LogP contribution is 2.58. The van der Waals surface area contributed by atoms with Gasteiger partial charge in [0, 0.05) is 24.9 Å². The third-order valence-corrected chi connectivity index (χ3v) is 5.57. The lowest BCUT2D eigenvalue weighted by molar-refractivity contribution is -0.206. The summed E-state index contributed by atoms with van der Waals surface area (Å²) in [5, 5.41) is 3.40. The molecule has 1 aliphatic heterocycles. The van der Waals surface area contributed by atoms with Gasteiger partial charge in [-0.05, 0) is 52.4 Å². The Labute approximate surface area is 161 Å². The van der Waals surface area contributed by atoms with Crippen LogP contribution in [0.25, 0.3) is 0 Å². The van der Waals surface area contributed by atoms with Crippen LogP contribution in [0.5, 0.6) is 0 Å². The number of oxime groups is 1. The quantitative estimate of drug-likeness (QED) is 0.336. The van der Waals surface area contributed by atoms with Gasteiger partial charge in [-0.1, -0.05) is 5.16 Å². The van der Waals surface area contributed by atoms with Crippen LogP contribution >= 0.6 is 0 Å². The smallest absolute Gasteiger partial charge is 0.410 e. The molecule has 0 atom stereocenters. The Balaban J connectivity index is 1.39. The number of nitrogens with zero attached hydrogens (tertiary/aromatic N) is 2. The number of nitrogens with two attached hydrogens (primary N) is 1. The molecular formula is C18H26F3N3O4. The molecule has 0 bridgehead atoms. The Morgan fingerprint density at radius 2 is 1.75 bits per heavy atom. The Morgan fingerprint density at radius 3 is 2.21 bits per heavy atom. The Kier molecular flexibility index (Phi) is 4.83. The third kappa shape index (κ3) is 4.05. The number of rotatable bonds is 4. The van der Waals surface area contributed by atoms with Gasteiger partial charge in [0.15, 0.2) is 5.41 Å². The van der Waals surface area contributed by atoms with E-state index in [9.17, 15) is 22.8 Å². The second-order valence-corrected chi connectivity index (χ2v) is 9.36. The molecule has 1 saturated heterocycles. The molecule has 1 heterocycles. The highest BCUT2D eigenvalue weighted by Gasteiger charge is 2.70. The topological polar surface area (TPSA) is 94.2 Å². The molecule has 0 radical (unpaired) electrons. The van der Waals surface area contributed by atoms with Crippen LogP contribution < -0.4 is 5.73 Å². The number of amides is 1. The van der Waals surface area contributed by atoms with Crippen molar-refractivity contribution in [3.05, 3.63) is 0 Å². The molecule has 28 heavy (non-hydrogen) atoms. The van der Waals surface area contributed by atoms with Gasteiger partial charge in [0.2, 0.25) is 0 Å². The van der Waals surface area contributed by atoms with Crippen molar-refractivity contribution in [1.82, 2.24) is 4.90 Å². The zero-order chi connectivity index (χ0) is 21.0. The summed E-state index contributed by atoms with van der Waals surface area (Å²) in [5.74, 6) is -1.17. The number of ether oxygens (including phenoxy) is 1. The number of alkyl halides is 3. The zero-order valence-electron chi connectivity index (χ0n) is 16.3. The number of hydrogen-bond acceptors (Lipinski definition) is 5. The summed E-state index contributed by atoms with van der Waals surface area (Å²) < 4.78 is 43.8. The molecule has 7 nitrogen and oxygen atoms in total. The normalized spacial score (nSPS) is 23.6. The summed E-state index contributed by atoms with van der Waals surface area (Å²) in [6.07, 6.45) is -3.48. The summed E-state index contributed by atoms with van der Waals surface area (Å²) in [5.41, 5.74) is 2.83. The van der Waals surface area contributed by atoms with Crippen LogP contribution in [0, 0.1) is 16.7 Å². The second kappa shape index (κ2) is 6.52. The van der Waals surface area contributed by atoms with Crippen LogP contribution in [0.4, 0.5) is 18.0 Å². The predicted octanol–water partition coefficient (Wildman–Crippen LogP) is 3.18. The summed E-state index contributed by atoms with van der Waals surface area (Å²) in [7, 11) is 0. The molecule has 2 N–H and O–H groups in total. The monoisotopic (exact) mass is 405 g/mol. The van der Waals surface area contributed by atoms with Crippen molar-refractivity contribution in [3.63, 3.8) is 0 Å². The van der Waals surface area contributed by atoms with Crippen molar-refractivity contribution in [2.45, 2.75) is 64.7 Å². The van der Waals surface area contributed by atoms with E-state index in [0.29, 0.717) is 19.5 Å². The van der Waals surface area contributed by atoms with Gasteiger partial charge in [-0.3, -0.25) is 0 Å². The largest absolute Gasteiger partial charge is 0.444 e. The first-order chi connectivity index (χ1) is 12.8. The van der Waals surface area contributed by atoms with Gasteiger partial charge < -0.3 is 20.2 Å². The van der Waals surface area contributed by atoms with E-state index in [1.54, 1.807) is 4.90 Å². The van der Waals surface area contributed by atoms with E-state index >= 15 is 0 Å². The Bertz CT molecular complexity index is 681. The summed E-state index contributed by atoms with van der Waals surface area (Å²) in [4.78, 5) is 29.7. The maximum absolute atomic E-state index is 12.8. The van der Waals surface area contributed by atoms with E-state index in [-0.39, 0.29) is 36.1 Å². The van der Waals surface area contributed by atoms with Crippen molar-refractivity contribution < 1.29 is 32.3 Å². The summed E-state index contributed by atoms with van der Waals surface area (Å²) >= 11 is 0. The SMILES string of the molecule is CC(C)(C)OC(=O)N1CC2(CC(C/C(N)=N/OC(=O)C3(C(F)(F)F)CC3)C2)C1. The van der Waals surface area contributed by atoms with Gasteiger partial charge in [-0.2, -0.15) is 13.2 Å². The lowest BCUT2D eigenvalue weighted by Crippen LogP contribution is -2.64. The third-order valence-electron chi connectivity index (χ3n) is 5.57. The minimum Gasteiger partial charge on any atom is -0.444 e. The summed E-state index contributed by atoms with van der Waals surface area (Å²) in [6, 6.07) is 0. The first kappa shape index (κ1) is 20.7. The number of hydrogen-bond donors (Lipinski definition) is 1. The fraction of sp³-hybridized carbons (Fsp3) is 0.833. The molecule has 1 spiro atoms.